The van der Waals surface area contributed by atoms with Crippen molar-refractivity contribution in [3.8, 4) is 0 Å². The van der Waals surface area contributed by atoms with E-state index in [0.29, 0.717) is 30.6 Å². The molecular formula is C25H38O4. The van der Waals surface area contributed by atoms with Gasteiger partial charge in [0.15, 0.2) is 0 Å². The van der Waals surface area contributed by atoms with Gasteiger partial charge in [-0.25, -0.2) is 0 Å². The fourth-order valence-corrected chi connectivity index (χ4v) is 7.38. The lowest BCUT2D eigenvalue weighted by Crippen LogP contribution is -2.51. The first-order valence-corrected chi connectivity index (χ1v) is 11.9. The number of hydrogen-bond donors (Lipinski definition) is 0. The minimum Gasteiger partial charge on any atom is -0.462 e. The van der Waals surface area contributed by atoms with E-state index in [-0.39, 0.29) is 35.0 Å². The molecule has 0 aromatic carbocycles. The van der Waals surface area contributed by atoms with Crippen molar-refractivity contribution in [3.63, 3.8) is 0 Å². The number of ether oxygens (including phenoxy) is 2. The van der Waals surface area contributed by atoms with Crippen LogP contribution in [-0.4, -0.2) is 24.1 Å². The van der Waals surface area contributed by atoms with Crippen molar-refractivity contribution in [2.24, 2.45) is 28.6 Å². The van der Waals surface area contributed by atoms with Gasteiger partial charge in [-0.05, 0) is 68.1 Å². The van der Waals surface area contributed by atoms with Crippen LogP contribution in [0.1, 0.15) is 91.9 Å². The molecule has 0 aromatic rings. The molecule has 162 valence electrons. The van der Waals surface area contributed by atoms with Gasteiger partial charge in [-0.1, -0.05) is 39.3 Å². The summed E-state index contributed by atoms with van der Waals surface area (Å²) < 4.78 is 11.6. The highest BCUT2D eigenvalue weighted by Gasteiger charge is 2.59. The summed E-state index contributed by atoms with van der Waals surface area (Å²) in [6, 6.07) is 0. The van der Waals surface area contributed by atoms with E-state index in [1.807, 2.05) is 13.8 Å². The number of rotatable bonds is 4. The summed E-state index contributed by atoms with van der Waals surface area (Å²) in [7, 11) is 0. The van der Waals surface area contributed by atoms with Crippen LogP contribution in [0.2, 0.25) is 0 Å². The predicted octanol–water partition coefficient (Wildman–Crippen LogP) is 5.59. The molecular weight excluding hydrogens is 364 g/mol. The van der Waals surface area contributed by atoms with E-state index in [4.69, 9.17) is 9.47 Å². The molecule has 3 saturated carbocycles. The average molecular weight is 403 g/mol. The maximum atomic E-state index is 12.0. The molecule has 0 aliphatic heterocycles. The normalized spacial score (nSPS) is 43.4. The molecule has 4 rings (SSSR count). The van der Waals surface area contributed by atoms with Crippen LogP contribution in [0.3, 0.4) is 0 Å². The van der Waals surface area contributed by atoms with Gasteiger partial charge < -0.3 is 9.47 Å². The molecule has 0 radical (unpaired) electrons. The average Bonchev–Trinajstić information content (AvgIpc) is 3.04. The number of carbonyl (C=O) groups excluding carboxylic acids is 2. The summed E-state index contributed by atoms with van der Waals surface area (Å²) in [5.41, 5.74) is 1.92. The van der Waals surface area contributed by atoms with Gasteiger partial charge in [0.1, 0.15) is 12.2 Å². The second-order valence-electron chi connectivity index (χ2n) is 10.4. The topological polar surface area (TPSA) is 52.6 Å². The van der Waals surface area contributed by atoms with E-state index in [1.54, 1.807) is 0 Å². The van der Waals surface area contributed by atoms with Crippen LogP contribution in [0, 0.1) is 28.6 Å². The Morgan fingerprint density at radius 2 is 1.69 bits per heavy atom. The lowest BCUT2D eigenvalue weighted by molar-refractivity contribution is -0.159. The van der Waals surface area contributed by atoms with Crippen LogP contribution in [0.5, 0.6) is 0 Å². The Balaban J connectivity index is 1.51. The first kappa shape index (κ1) is 20.9. The van der Waals surface area contributed by atoms with Crippen molar-refractivity contribution in [1.82, 2.24) is 0 Å². The highest BCUT2D eigenvalue weighted by Crippen LogP contribution is 2.65. The molecule has 0 spiro atoms. The smallest absolute Gasteiger partial charge is 0.305 e. The molecule has 4 nitrogen and oxygen atoms in total. The molecule has 0 saturated heterocycles. The highest BCUT2D eigenvalue weighted by atomic mass is 16.5. The summed E-state index contributed by atoms with van der Waals surface area (Å²) in [5.74, 6) is 1.95. The van der Waals surface area contributed by atoms with Crippen LogP contribution in [0.15, 0.2) is 11.6 Å². The third-order valence-corrected chi connectivity index (χ3v) is 9.12. The van der Waals surface area contributed by atoms with Crippen molar-refractivity contribution in [2.45, 2.75) is 104 Å². The lowest BCUT2D eigenvalue weighted by Gasteiger charge is -2.57. The van der Waals surface area contributed by atoms with Crippen LogP contribution >= 0.6 is 0 Å². The Morgan fingerprint density at radius 1 is 0.966 bits per heavy atom. The van der Waals surface area contributed by atoms with E-state index < -0.39 is 0 Å². The monoisotopic (exact) mass is 402 g/mol. The van der Waals surface area contributed by atoms with Crippen LogP contribution < -0.4 is 0 Å². The third-order valence-electron chi connectivity index (χ3n) is 9.12. The summed E-state index contributed by atoms with van der Waals surface area (Å²) in [5, 5.41) is 0. The molecule has 4 heteroatoms. The summed E-state index contributed by atoms with van der Waals surface area (Å²) in [6.07, 6.45) is 12.4. The van der Waals surface area contributed by atoms with Gasteiger partial charge in [0.25, 0.3) is 0 Å². The Kier molecular flexibility index (Phi) is 5.59. The van der Waals surface area contributed by atoms with Crippen LogP contribution in [-0.2, 0) is 19.1 Å². The van der Waals surface area contributed by atoms with Crippen molar-refractivity contribution >= 4 is 11.9 Å². The third kappa shape index (κ3) is 3.45. The maximum absolute atomic E-state index is 12.0. The number of fused-ring (bicyclic) bond motifs is 5. The van der Waals surface area contributed by atoms with Gasteiger partial charge in [-0.2, -0.15) is 0 Å². The minimum atomic E-state index is -0.0695. The second-order valence-corrected chi connectivity index (χ2v) is 10.4. The van der Waals surface area contributed by atoms with Crippen LogP contribution in [0.4, 0.5) is 0 Å². The Labute approximate surface area is 175 Å². The second kappa shape index (κ2) is 7.74. The van der Waals surface area contributed by atoms with E-state index >= 15 is 0 Å². The highest BCUT2D eigenvalue weighted by molar-refractivity contribution is 5.69. The molecule has 0 amide bonds. The van der Waals surface area contributed by atoms with E-state index in [9.17, 15) is 9.59 Å². The fraction of sp³-hybridized carbons (Fsp3) is 0.840. The number of esters is 2. The van der Waals surface area contributed by atoms with E-state index in [0.717, 1.165) is 38.5 Å². The Bertz CT molecular complexity index is 697. The molecule has 3 fully saturated rings. The molecule has 0 heterocycles. The standard InChI is InChI=1S/C25H38O4/c1-5-22(26)28-17-11-13-24(3)16(15-17)7-8-18-19-9-10-21(29-23(27)6-2)25(19,4)14-12-20(18)24/h7,17-21H,5-6,8-15H2,1-4H3. The first-order chi connectivity index (χ1) is 13.8. The quantitative estimate of drug-likeness (QED) is 0.454. The van der Waals surface area contributed by atoms with Gasteiger partial charge in [0.05, 0.1) is 0 Å². The molecule has 0 N–H and O–H groups in total. The van der Waals surface area contributed by atoms with Gasteiger partial charge in [0.2, 0.25) is 0 Å². The molecule has 0 aromatic heterocycles. The van der Waals surface area contributed by atoms with Gasteiger partial charge in [0, 0.05) is 24.7 Å². The van der Waals surface area contributed by atoms with E-state index in [1.165, 1.54) is 18.4 Å². The van der Waals surface area contributed by atoms with Gasteiger partial charge in [-0.15, -0.1) is 0 Å². The number of carbonyl (C=O) groups is 2. The zero-order valence-corrected chi connectivity index (χ0v) is 18.7. The van der Waals surface area contributed by atoms with Crippen molar-refractivity contribution in [3.05, 3.63) is 11.6 Å². The largest absolute Gasteiger partial charge is 0.462 e. The molecule has 4 aliphatic rings. The molecule has 4 aliphatic carbocycles. The maximum Gasteiger partial charge on any atom is 0.305 e. The number of hydrogen-bond acceptors (Lipinski definition) is 4. The van der Waals surface area contributed by atoms with Crippen molar-refractivity contribution < 1.29 is 19.1 Å². The van der Waals surface area contributed by atoms with Crippen molar-refractivity contribution in [2.75, 3.05) is 0 Å². The molecule has 29 heavy (non-hydrogen) atoms. The minimum absolute atomic E-state index is 0.0447. The van der Waals surface area contributed by atoms with Gasteiger partial charge >= 0.3 is 11.9 Å². The van der Waals surface area contributed by atoms with Crippen LogP contribution in [0.25, 0.3) is 0 Å². The zero-order valence-electron chi connectivity index (χ0n) is 18.7. The Morgan fingerprint density at radius 3 is 2.41 bits per heavy atom. The van der Waals surface area contributed by atoms with Crippen molar-refractivity contribution in [1.29, 1.82) is 0 Å². The predicted molar refractivity (Wildman–Crippen MR) is 112 cm³/mol. The molecule has 7 unspecified atom stereocenters. The lowest BCUT2D eigenvalue weighted by atomic mass is 9.48. The van der Waals surface area contributed by atoms with E-state index in [2.05, 4.69) is 19.9 Å². The van der Waals surface area contributed by atoms with Gasteiger partial charge in [-0.3, -0.25) is 9.59 Å². The first-order valence-electron chi connectivity index (χ1n) is 11.9. The molecule has 0 bridgehead atoms. The fourth-order valence-electron chi connectivity index (χ4n) is 7.38. The number of allylic oxidation sites excluding steroid dienone is 1. The Hall–Kier alpha value is -1.32. The summed E-state index contributed by atoms with van der Waals surface area (Å²) in [6.45, 7) is 8.61. The summed E-state index contributed by atoms with van der Waals surface area (Å²) >= 11 is 0. The summed E-state index contributed by atoms with van der Waals surface area (Å²) in [4.78, 5) is 23.7. The molecule has 7 atom stereocenters. The SMILES string of the molecule is CCC(=O)OC1CCC2(C)C(=CCC3C2CCC2(C)C(OC(=O)CC)CCC32)C1. The zero-order chi connectivity index (χ0) is 20.8.